The molecule has 0 aromatic carbocycles. The molecule has 0 fully saturated rings. The van der Waals surface area contributed by atoms with E-state index in [2.05, 4.69) is 23.8 Å². The van der Waals surface area contributed by atoms with E-state index in [0.29, 0.717) is 15.8 Å². The molecule has 0 aliphatic carbocycles. The first kappa shape index (κ1) is 14.0. The van der Waals surface area contributed by atoms with Crippen LogP contribution < -0.4 is 0 Å². The van der Waals surface area contributed by atoms with Crippen molar-refractivity contribution < 1.29 is 0 Å². The molecule has 1 heterocycles. The van der Waals surface area contributed by atoms with Gasteiger partial charge in [-0.25, -0.2) is 13.7 Å². The second-order valence-corrected chi connectivity index (χ2v) is 5.97. The highest BCUT2D eigenvalue weighted by Crippen LogP contribution is 2.26. The van der Waals surface area contributed by atoms with Gasteiger partial charge in [0.1, 0.15) is 5.69 Å². The Balaban J connectivity index is 2.85. The maximum Gasteiger partial charge on any atom is 0.157 e. The lowest BCUT2D eigenvalue weighted by atomic mass is 10.4. The van der Waals surface area contributed by atoms with Crippen molar-refractivity contribution in [3.05, 3.63) is 23.2 Å². The fraction of sp³-hybridized carbons (Fsp3) is 0.444. The molecule has 0 N–H and O–H groups in total. The zero-order valence-electron chi connectivity index (χ0n) is 9.01. The van der Waals surface area contributed by atoms with E-state index in [1.54, 1.807) is 36.3 Å². The van der Waals surface area contributed by atoms with Gasteiger partial charge in [0, 0.05) is 23.9 Å². The number of halogens is 1. The summed E-state index contributed by atoms with van der Waals surface area (Å²) in [6.45, 7) is 4.16. The third kappa shape index (κ3) is 3.76. The normalized spacial score (nSPS) is 10.2. The fourth-order valence-electron chi connectivity index (χ4n) is 0.940. The maximum atomic E-state index is 5.96. The number of hydrogen-bond donors (Lipinski definition) is 0. The minimum Gasteiger partial charge on any atom is -0.249 e. The zero-order chi connectivity index (χ0) is 12.0. The molecule has 0 amide bonds. The summed E-state index contributed by atoms with van der Waals surface area (Å²) in [5, 5.41) is 0.353. The fourth-order valence-corrected chi connectivity index (χ4v) is 3.46. The molecule has 0 unspecified atom stereocenters. The topological polar surface area (TPSA) is 29.0 Å². The number of hydrogen-bond acceptors (Lipinski definition) is 5. The summed E-state index contributed by atoms with van der Waals surface area (Å²) in [4.78, 5) is 8.75. The van der Waals surface area contributed by atoms with E-state index in [0.717, 1.165) is 11.5 Å². The van der Waals surface area contributed by atoms with Crippen LogP contribution in [0.1, 0.15) is 19.5 Å². The SMILES string of the molecule is CCSN(SCC)C(=S)c1nccnc1Cl. The number of thiocarbonyl (C=S) groups is 1. The second kappa shape index (κ2) is 7.32. The molecule has 0 radical (unpaired) electrons. The van der Waals surface area contributed by atoms with Gasteiger partial charge >= 0.3 is 0 Å². The van der Waals surface area contributed by atoms with Crippen LogP contribution in [0.25, 0.3) is 0 Å². The average molecular weight is 294 g/mol. The van der Waals surface area contributed by atoms with E-state index in [1.807, 2.05) is 3.71 Å². The Morgan fingerprint density at radius 3 is 2.38 bits per heavy atom. The number of rotatable bonds is 5. The summed E-state index contributed by atoms with van der Waals surface area (Å²) < 4.78 is 1.96. The van der Waals surface area contributed by atoms with Crippen LogP contribution >= 0.6 is 47.7 Å². The number of nitrogens with zero attached hydrogens (tertiary/aromatic N) is 3. The molecule has 88 valence electrons. The largest absolute Gasteiger partial charge is 0.249 e. The van der Waals surface area contributed by atoms with Crippen LogP contribution in [0.3, 0.4) is 0 Å². The minimum atomic E-state index is 0.353. The maximum absolute atomic E-state index is 5.96. The van der Waals surface area contributed by atoms with E-state index < -0.39 is 0 Å². The van der Waals surface area contributed by atoms with Gasteiger partial charge in [0.25, 0.3) is 0 Å². The summed E-state index contributed by atoms with van der Waals surface area (Å²) in [6, 6.07) is 0. The Bertz CT molecular complexity index is 356. The molecule has 0 saturated carbocycles. The molecule has 1 aromatic heterocycles. The summed E-state index contributed by atoms with van der Waals surface area (Å²) in [7, 11) is 0. The average Bonchev–Trinajstić information content (AvgIpc) is 2.28. The predicted molar refractivity (Wildman–Crippen MR) is 76.8 cm³/mol. The summed E-state index contributed by atoms with van der Waals surface area (Å²) in [5.74, 6) is 1.90. The van der Waals surface area contributed by atoms with Crippen LogP contribution in [0.2, 0.25) is 5.15 Å². The van der Waals surface area contributed by atoms with Crippen LogP contribution in [-0.2, 0) is 0 Å². The van der Waals surface area contributed by atoms with Crippen LogP contribution in [0.5, 0.6) is 0 Å². The van der Waals surface area contributed by atoms with Crippen molar-refractivity contribution in [3.63, 3.8) is 0 Å². The van der Waals surface area contributed by atoms with E-state index in [4.69, 9.17) is 23.8 Å². The molecule has 1 aromatic rings. The predicted octanol–water partition coefficient (Wildman–Crippen LogP) is 3.44. The molecule has 0 saturated heterocycles. The van der Waals surface area contributed by atoms with Gasteiger partial charge < -0.3 is 0 Å². The zero-order valence-corrected chi connectivity index (χ0v) is 12.2. The number of aromatic nitrogens is 2. The highest BCUT2D eigenvalue weighted by molar-refractivity contribution is 8.13. The van der Waals surface area contributed by atoms with Crippen LogP contribution in [0.4, 0.5) is 0 Å². The molecule has 3 nitrogen and oxygen atoms in total. The molecular weight excluding hydrogens is 282 g/mol. The first-order chi connectivity index (χ1) is 7.70. The molecule has 7 heteroatoms. The molecule has 0 atom stereocenters. The van der Waals surface area contributed by atoms with Crippen molar-refractivity contribution in [3.8, 4) is 0 Å². The van der Waals surface area contributed by atoms with Gasteiger partial charge in [0.2, 0.25) is 0 Å². The highest BCUT2D eigenvalue weighted by atomic mass is 35.5. The molecule has 16 heavy (non-hydrogen) atoms. The summed E-state index contributed by atoms with van der Waals surface area (Å²) in [6.07, 6.45) is 3.15. The van der Waals surface area contributed by atoms with Crippen molar-refractivity contribution in [2.45, 2.75) is 13.8 Å². The summed E-state index contributed by atoms with van der Waals surface area (Å²) in [5.41, 5.74) is 0.570. The van der Waals surface area contributed by atoms with Gasteiger partial charge in [-0.2, -0.15) is 0 Å². The van der Waals surface area contributed by atoms with Crippen LogP contribution in [0.15, 0.2) is 12.4 Å². The van der Waals surface area contributed by atoms with E-state index in [9.17, 15) is 0 Å². The molecule has 0 aliphatic heterocycles. The monoisotopic (exact) mass is 293 g/mol. The molecule has 0 bridgehead atoms. The van der Waals surface area contributed by atoms with Crippen molar-refractivity contribution in [1.82, 2.24) is 13.7 Å². The highest BCUT2D eigenvalue weighted by Gasteiger charge is 2.16. The van der Waals surface area contributed by atoms with Gasteiger partial charge in [0.05, 0.1) is 0 Å². The Hall–Kier alpha value is -0.0400. The lowest BCUT2D eigenvalue weighted by molar-refractivity contribution is 1.10. The van der Waals surface area contributed by atoms with Gasteiger partial charge in [-0.1, -0.05) is 37.7 Å². The van der Waals surface area contributed by atoms with Crippen molar-refractivity contribution >= 4 is 52.7 Å². The molecule has 1 rings (SSSR count). The summed E-state index contributed by atoms with van der Waals surface area (Å²) >= 11 is 14.6. The standard InChI is InChI=1S/C9H12ClN3S3/c1-3-15-13(16-4-2)9(14)7-8(10)12-6-5-11-7/h5-6H,3-4H2,1-2H3. The lowest BCUT2D eigenvalue weighted by Crippen LogP contribution is -2.19. The third-order valence-corrected chi connectivity index (χ3v) is 4.38. The molecule has 0 aliphatic rings. The molecular formula is C9H12ClN3S3. The van der Waals surface area contributed by atoms with Gasteiger partial charge in [0.15, 0.2) is 10.1 Å². The first-order valence-electron chi connectivity index (χ1n) is 4.77. The van der Waals surface area contributed by atoms with E-state index >= 15 is 0 Å². The Kier molecular flexibility index (Phi) is 6.41. The van der Waals surface area contributed by atoms with Crippen molar-refractivity contribution in [1.29, 1.82) is 0 Å². The third-order valence-electron chi connectivity index (χ3n) is 1.51. The minimum absolute atomic E-state index is 0.353. The molecule has 0 spiro atoms. The van der Waals surface area contributed by atoms with Crippen molar-refractivity contribution in [2.24, 2.45) is 0 Å². The Morgan fingerprint density at radius 1 is 1.31 bits per heavy atom. The van der Waals surface area contributed by atoms with Gasteiger partial charge in [-0.05, 0) is 23.9 Å². The smallest absolute Gasteiger partial charge is 0.157 e. The Labute approximate surface area is 115 Å². The second-order valence-electron chi connectivity index (χ2n) is 2.59. The lowest BCUT2D eigenvalue weighted by Gasteiger charge is -2.20. The van der Waals surface area contributed by atoms with E-state index in [-0.39, 0.29) is 0 Å². The van der Waals surface area contributed by atoms with E-state index in [1.165, 1.54) is 0 Å². The van der Waals surface area contributed by atoms with Crippen molar-refractivity contribution in [2.75, 3.05) is 11.5 Å². The van der Waals surface area contributed by atoms with Gasteiger partial charge in [-0.15, -0.1) is 0 Å². The first-order valence-corrected chi connectivity index (χ1v) is 7.44. The van der Waals surface area contributed by atoms with Crippen LogP contribution in [-0.4, -0.2) is 30.2 Å². The van der Waals surface area contributed by atoms with Crippen LogP contribution in [0, 0.1) is 0 Å². The quantitative estimate of drug-likeness (QED) is 0.610. The Morgan fingerprint density at radius 2 is 1.88 bits per heavy atom. The van der Waals surface area contributed by atoms with Gasteiger partial charge in [-0.3, -0.25) is 0 Å².